The van der Waals surface area contributed by atoms with Crippen LogP contribution >= 0.6 is 0 Å². The van der Waals surface area contributed by atoms with Crippen LogP contribution in [-0.2, 0) is 11.2 Å². The Hall–Kier alpha value is -3.52. The lowest BCUT2D eigenvalue weighted by molar-refractivity contribution is -0.112. The van der Waals surface area contributed by atoms with E-state index in [1.165, 1.54) is 5.57 Å². The maximum atomic E-state index is 12.9. The molecular formula is C28H33N3O2. The van der Waals surface area contributed by atoms with Crippen LogP contribution in [0.3, 0.4) is 0 Å². The number of amides is 1. The zero-order chi connectivity index (χ0) is 24.2. The number of carbonyl (C=O) groups excluding carboxylic acids is 1. The average molecular weight is 444 g/mol. The fourth-order valence-corrected chi connectivity index (χ4v) is 4.49. The molecule has 0 unspecified atom stereocenters. The van der Waals surface area contributed by atoms with Crippen LogP contribution in [0.5, 0.6) is 5.75 Å². The summed E-state index contributed by atoms with van der Waals surface area (Å²) < 4.78 is 5.69. The number of ether oxygens (including phenoxy) is 1. The molecule has 1 heterocycles. The van der Waals surface area contributed by atoms with Gasteiger partial charge in [-0.3, -0.25) is 4.79 Å². The van der Waals surface area contributed by atoms with Gasteiger partial charge in [-0.05, 0) is 63.0 Å². The Morgan fingerprint density at radius 1 is 1.24 bits per heavy atom. The van der Waals surface area contributed by atoms with Crippen LogP contribution in [0.2, 0.25) is 0 Å². The number of methoxy groups -OCH3 is 1. The predicted octanol–water partition coefficient (Wildman–Crippen LogP) is 6.22. The minimum Gasteiger partial charge on any atom is -0.496 e. The van der Waals surface area contributed by atoms with Gasteiger partial charge in [0.05, 0.1) is 12.6 Å². The Morgan fingerprint density at radius 3 is 2.61 bits per heavy atom. The fraction of sp³-hybridized carbons (Fsp3) is 0.357. The van der Waals surface area contributed by atoms with Gasteiger partial charge < -0.3 is 15.0 Å². The van der Waals surface area contributed by atoms with E-state index in [1.54, 1.807) is 13.2 Å². The van der Waals surface area contributed by atoms with Crippen molar-refractivity contribution in [1.29, 1.82) is 5.26 Å². The van der Waals surface area contributed by atoms with E-state index in [0.717, 1.165) is 41.9 Å². The van der Waals surface area contributed by atoms with Gasteiger partial charge in [0.2, 0.25) is 0 Å². The van der Waals surface area contributed by atoms with Crippen LogP contribution in [0.1, 0.15) is 57.7 Å². The number of nitrogens with one attached hydrogen (secondary N) is 1. The maximum absolute atomic E-state index is 12.9. The first-order chi connectivity index (χ1) is 15.7. The Morgan fingerprint density at radius 2 is 1.97 bits per heavy atom. The lowest BCUT2D eigenvalue weighted by Gasteiger charge is -2.43. The van der Waals surface area contributed by atoms with Crippen molar-refractivity contribution in [1.82, 2.24) is 0 Å². The standard InChI is InChI=1S/C28H33N3O2/c1-7-13-31-25-16-26(33-6)21(15-23(25)19(3)17-28(31,4)5)14-22(18-29)27(32)30-24-12-10-9-11-20(24)8-2/h9-12,14-17H,7-8,13H2,1-6H3,(H,30,32)/b22-14+. The highest BCUT2D eigenvalue weighted by molar-refractivity contribution is 6.10. The van der Waals surface area contributed by atoms with Gasteiger partial charge in [0, 0.05) is 35.1 Å². The molecule has 1 aliphatic rings. The van der Waals surface area contributed by atoms with Crippen molar-refractivity contribution in [2.75, 3.05) is 23.9 Å². The second-order valence-corrected chi connectivity index (χ2v) is 8.88. The number of hydrogen-bond donors (Lipinski definition) is 1. The minimum absolute atomic E-state index is 0.0299. The van der Waals surface area contributed by atoms with Crippen molar-refractivity contribution in [3.63, 3.8) is 0 Å². The van der Waals surface area contributed by atoms with Gasteiger partial charge in [0.25, 0.3) is 5.91 Å². The summed E-state index contributed by atoms with van der Waals surface area (Å²) in [6, 6.07) is 13.7. The summed E-state index contributed by atoms with van der Waals surface area (Å²) in [5.74, 6) is 0.203. The number of carbonyl (C=O) groups is 1. The smallest absolute Gasteiger partial charge is 0.266 e. The van der Waals surface area contributed by atoms with Crippen molar-refractivity contribution in [3.05, 3.63) is 64.7 Å². The molecule has 5 heteroatoms. The molecule has 1 aliphatic heterocycles. The first kappa shape index (κ1) is 24.1. The summed E-state index contributed by atoms with van der Waals surface area (Å²) in [5, 5.41) is 12.6. The van der Waals surface area contributed by atoms with E-state index in [9.17, 15) is 10.1 Å². The maximum Gasteiger partial charge on any atom is 0.266 e. The molecule has 0 atom stereocenters. The molecule has 0 saturated heterocycles. The molecule has 1 N–H and O–H groups in total. The summed E-state index contributed by atoms with van der Waals surface area (Å²) in [4.78, 5) is 15.3. The van der Waals surface area contributed by atoms with Crippen LogP contribution in [0.4, 0.5) is 11.4 Å². The zero-order valence-electron chi connectivity index (χ0n) is 20.5. The second-order valence-electron chi connectivity index (χ2n) is 8.88. The number of hydrogen-bond acceptors (Lipinski definition) is 4. The molecule has 5 nitrogen and oxygen atoms in total. The summed E-state index contributed by atoms with van der Waals surface area (Å²) in [5.41, 5.74) is 5.73. The van der Waals surface area contributed by atoms with Crippen molar-refractivity contribution in [2.45, 2.75) is 53.0 Å². The van der Waals surface area contributed by atoms with E-state index in [4.69, 9.17) is 4.74 Å². The lowest BCUT2D eigenvalue weighted by Crippen LogP contribution is -2.45. The normalized spacial score (nSPS) is 14.8. The fourth-order valence-electron chi connectivity index (χ4n) is 4.49. The summed E-state index contributed by atoms with van der Waals surface area (Å²) >= 11 is 0. The van der Waals surface area contributed by atoms with Crippen molar-refractivity contribution in [2.24, 2.45) is 0 Å². The largest absolute Gasteiger partial charge is 0.496 e. The molecule has 2 aromatic carbocycles. The lowest BCUT2D eigenvalue weighted by atomic mass is 9.87. The monoisotopic (exact) mass is 443 g/mol. The topological polar surface area (TPSA) is 65.4 Å². The number of fused-ring (bicyclic) bond motifs is 1. The Kier molecular flexibility index (Phi) is 7.28. The number of allylic oxidation sites excluding steroid dienone is 1. The number of nitriles is 1. The van der Waals surface area contributed by atoms with E-state index in [0.29, 0.717) is 11.3 Å². The minimum atomic E-state index is -0.431. The number of anilines is 2. The first-order valence-corrected chi connectivity index (χ1v) is 11.5. The van der Waals surface area contributed by atoms with Crippen LogP contribution in [-0.4, -0.2) is 25.1 Å². The average Bonchev–Trinajstić information content (AvgIpc) is 2.79. The Balaban J connectivity index is 2.04. The second kappa shape index (κ2) is 9.95. The van der Waals surface area contributed by atoms with Gasteiger partial charge in [-0.1, -0.05) is 38.1 Å². The molecule has 172 valence electrons. The molecule has 33 heavy (non-hydrogen) atoms. The van der Waals surface area contributed by atoms with Crippen LogP contribution in [0, 0.1) is 11.3 Å². The number of para-hydroxylation sites is 1. The van der Waals surface area contributed by atoms with Gasteiger partial charge in [-0.25, -0.2) is 0 Å². The quantitative estimate of drug-likeness (QED) is 0.408. The molecule has 0 saturated carbocycles. The van der Waals surface area contributed by atoms with Crippen molar-refractivity contribution in [3.8, 4) is 11.8 Å². The summed E-state index contributed by atoms with van der Waals surface area (Å²) in [7, 11) is 1.61. The van der Waals surface area contributed by atoms with Gasteiger partial charge in [0.1, 0.15) is 17.4 Å². The van der Waals surface area contributed by atoms with E-state index in [1.807, 2.05) is 43.3 Å². The number of nitrogens with zero attached hydrogens (tertiary/aromatic N) is 2. The van der Waals surface area contributed by atoms with Crippen LogP contribution < -0.4 is 15.0 Å². The van der Waals surface area contributed by atoms with E-state index < -0.39 is 5.91 Å². The number of benzene rings is 2. The third-order valence-electron chi connectivity index (χ3n) is 6.09. The summed E-state index contributed by atoms with van der Waals surface area (Å²) in [6.45, 7) is 11.6. The summed E-state index contributed by atoms with van der Waals surface area (Å²) in [6.07, 6.45) is 5.69. The molecular weight excluding hydrogens is 410 g/mol. The molecule has 3 rings (SSSR count). The van der Waals surface area contributed by atoms with E-state index in [2.05, 4.69) is 50.1 Å². The van der Waals surface area contributed by atoms with Gasteiger partial charge in [-0.2, -0.15) is 5.26 Å². The van der Waals surface area contributed by atoms with Crippen LogP contribution in [0.25, 0.3) is 11.6 Å². The Labute approximate surface area is 197 Å². The molecule has 0 bridgehead atoms. The molecule has 2 aromatic rings. The SMILES string of the molecule is CCCN1c2cc(OC)c(/C=C(\C#N)C(=O)Nc3ccccc3CC)cc2C(C)=CC1(C)C. The van der Waals surface area contributed by atoms with Gasteiger partial charge in [0.15, 0.2) is 0 Å². The third kappa shape index (κ3) is 4.96. The Bertz CT molecular complexity index is 1150. The highest BCUT2D eigenvalue weighted by Gasteiger charge is 2.31. The first-order valence-electron chi connectivity index (χ1n) is 11.5. The van der Waals surface area contributed by atoms with E-state index >= 15 is 0 Å². The number of aryl methyl sites for hydroxylation is 1. The van der Waals surface area contributed by atoms with E-state index in [-0.39, 0.29) is 11.1 Å². The molecule has 1 amide bonds. The van der Waals surface area contributed by atoms with Gasteiger partial charge >= 0.3 is 0 Å². The molecule has 0 aromatic heterocycles. The third-order valence-corrected chi connectivity index (χ3v) is 6.09. The number of rotatable bonds is 7. The van der Waals surface area contributed by atoms with Crippen LogP contribution in [0.15, 0.2) is 48.0 Å². The molecule has 0 fully saturated rings. The zero-order valence-corrected chi connectivity index (χ0v) is 20.5. The molecule has 0 aliphatic carbocycles. The van der Waals surface area contributed by atoms with Crippen molar-refractivity contribution >= 4 is 28.9 Å². The van der Waals surface area contributed by atoms with Crippen molar-refractivity contribution < 1.29 is 9.53 Å². The van der Waals surface area contributed by atoms with Gasteiger partial charge in [-0.15, -0.1) is 0 Å². The highest BCUT2D eigenvalue weighted by atomic mass is 16.5. The highest BCUT2D eigenvalue weighted by Crippen LogP contribution is 2.42. The molecule has 0 radical (unpaired) electrons. The predicted molar refractivity (Wildman–Crippen MR) is 136 cm³/mol. The molecule has 0 spiro atoms.